The van der Waals surface area contributed by atoms with Crippen LogP contribution in [0.2, 0.25) is 0 Å². The van der Waals surface area contributed by atoms with Crippen molar-refractivity contribution >= 4 is 5.97 Å². The Balaban J connectivity index is 0. The van der Waals surface area contributed by atoms with Gasteiger partial charge in [-0.1, -0.05) is 103 Å². The predicted octanol–water partition coefficient (Wildman–Crippen LogP) is 6.27. The number of carboxylic acids is 1. The Morgan fingerprint density at radius 2 is 1.11 bits per heavy atom. The van der Waals surface area contributed by atoms with Crippen LogP contribution in [-0.2, 0) is 4.79 Å². The minimum absolute atomic E-state index is 0. The third kappa shape index (κ3) is 23.4. The maximum atomic E-state index is 10.6. The summed E-state index contributed by atoms with van der Waals surface area (Å²) in [7, 11) is 0. The van der Waals surface area contributed by atoms with E-state index < -0.39 is 5.97 Å². The Morgan fingerprint density at radius 3 is 1.48 bits per heavy atom. The lowest BCUT2D eigenvalue weighted by Gasteiger charge is -2.26. The minimum Gasteiger partial charge on any atom is -0.481 e. The molecule has 0 atom stereocenters. The molecule has 4 heteroatoms. The van der Waals surface area contributed by atoms with E-state index >= 15 is 0 Å². The van der Waals surface area contributed by atoms with Crippen LogP contribution in [0.1, 0.15) is 130 Å². The van der Waals surface area contributed by atoms with Gasteiger partial charge >= 0.3 is 5.97 Å². The molecule has 0 fully saturated rings. The first-order valence-electron chi connectivity index (χ1n) is 11.4. The summed E-state index contributed by atoms with van der Waals surface area (Å²) in [5, 5.41) is 12.0. The number of carboxylic acid groups (broad SMARTS) is 1. The van der Waals surface area contributed by atoms with Gasteiger partial charge in [0.2, 0.25) is 0 Å². The number of aliphatic carboxylic acids is 1. The highest BCUT2D eigenvalue weighted by Gasteiger charge is 2.16. The van der Waals surface area contributed by atoms with Crippen molar-refractivity contribution in [2.24, 2.45) is 0 Å². The molecular weight excluding hydrogens is 338 g/mol. The van der Waals surface area contributed by atoms with Crippen molar-refractivity contribution in [3.63, 3.8) is 0 Å². The summed E-state index contributed by atoms with van der Waals surface area (Å²) in [5.74, 6) is -0.722. The van der Waals surface area contributed by atoms with Crippen molar-refractivity contribution in [1.82, 2.24) is 5.32 Å². The molecule has 0 aliphatic heterocycles. The van der Waals surface area contributed by atoms with Crippen LogP contribution in [0.25, 0.3) is 0 Å². The normalized spacial score (nSPS) is 11.4. The number of nitrogens with one attached hydrogen (secondary N) is 1. The van der Waals surface area contributed by atoms with Gasteiger partial charge in [0.25, 0.3) is 0 Å². The van der Waals surface area contributed by atoms with Crippen LogP contribution in [-0.4, -0.2) is 28.6 Å². The van der Waals surface area contributed by atoms with E-state index in [0.29, 0.717) is 6.54 Å². The van der Waals surface area contributed by atoms with Gasteiger partial charge in [0, 0.05) is 12.1 Å². The summed E-state index contributed by atoms with van der Waals surface area (Å²) < 4.78 is 0. The molecule has 0 bridgehead atoms. The lowest BCUT2D eigenvalue weighted by Crippen LogP contribution is -2.40. The van der Waals surface area contributed by atoms with Gasteiger partial charge in [-0.2, -0.15) is 0 Å². The molecule has 0 saturated carbocycles. The number of hydrogen-bond acceptors (Lipinski definition) is 2. The van der Waals surface area contributed by atoms with Crippen LogP contribution in [0.5, 0.6) is 0 Å². The molecule has 27 heavy (non-hydrogen) atoms. The Hall–Kier alpha value is -0.610. The minimum atomic E-state index is -0.722. The Kier molecular flexibility index (Phi) is 21.3. The average molecular weight is 388 g/mol. The molecule has 0 radical (unpaired) electrons. The van der Waals surface area contributed by atoms with E-state index in [0.717, 1.165) is 6.42 Å². The van der Waals surface area contributed by atoms with E-state index in [1.54, 1.807) is 0 Å². The third-order valence-electron chi connectivity index (χ3n) is 5.35. The van der Waals surface area contributed by atoms with E-state index in [1.165, 1.54) is 96.3 Å². The molecule has 0 aromatic heterocycles. The number of rotatable bonds is 20. The van der Waals surface area contributed by atoms with Gasteiger partial charge in [-0.25, -0.2) is 0 Å². The second kappa shape index (κ2) is 20.1. The monoisotopic (exact) mass is 387 g/mol. The summed E-state index contributed by atoms with van der Waals surface area (Å²) >= 11 is 0. The molecule has 0 amide bonds. The van der Waals surface area contributed by atoms with Crippen molar-refractivity contribution in [3.8, 4) is 0 Å². The fraction of sp³-hybridized carbons (Fsp3) is 0.957. The molecular formula is C23H49NO3. The van der Waals surface area contributed by atoms with Gasteiger partial charge in [-0.05, 0) is 20.3 Å². The van der Waals surface area contributed by atoms with E-state index in [1.807, 2.05) is 0 Å². The Bertz CT molecular complexity index is 319. The molecule has 0 aliphatic rings. The zero-order valence-corrected chi connectivity index (χ0v) is 18.6. The topological polar surface area (TPSA) is 80.8 Å². The van der Waals surface area contributed by atoms with Gasteiger partial charge in [0.05, 0.1) is 6.42 Å². The van der Waals surface area contributed by atoms with E-state index in [4.69, 9.17) is 5.11 Å². The number of unbranched alkanes of at least 4 members (excludes halogenated alkanes) is 14. The zero-order chi connectivity index (χ0) is 19.5. The van der Waals surface area contributed by atoms with E-state index in [2.05, 4.69) is 26.1 Å². The van der Waals surface area contributed by atoms with Crippen LogP contribution in [0.15, 0.2) is 0 Å². The summed E-state index contributed by atoms with van der Waals surface area (Å²) in [4.78, 5) is 10.6. The van der Waals surface area contributed by atoms with Crippen LogP contribution >= 0.6 is 0 Å². The van der Waals surface area contributed by atoms with Crippen LogP contribution < -0.4 is 5.32 Å². The van der Waals surface area contributed by atoms with Gasteiger partial charge in [0.1, 0.15) is 0 Å². The van der Waals surface area contributed by atoms with E-state index in [9.17, 15) is 4.79 Å². The molecule has 0 aromatic carbocycles. The van der Waals surface area contributed by atoms with Crippen molar-refractivity contribution in [2.45, 2.75) is 135 Å². The van der Waals surface area contributed by atoms with Crippen molar-refractivity contribution < 1.29 is 15.4 Å². The van der Waals surface area contributed by atoms with Gasteiger partial charge in [-0.15, -0.1) is 0 Å². The van der Waals surface area contributed by atoms with Crippen LogP contribution in [0.4, 0.5) is 0 Å². The van der Waals surface area contributed by atoms with Crippen molar-refractivity contribution in [2.75, 3.05) is 6.54 Å². The molecule has 0 rings (SSSR count). The first-order chi connectivity index (χ1) is 12.5. The summed E-state index contributed by atoms with van der Waals surface area (Å²) in [5.41, 5.74) is 0.0615. The van der Waals surface area contributed by atoms with Crippen LogP contribution in [0.3, 0.4) is 0 Å². The molecule has 0 saturated heterocycles. The highest BCUT2D eigenvalue weighted by Crippen LogP contribution is 2.17. The SMILES string of the molecule is CCCCCCCCCCCCCCCCCC(C)(C)NCCC(=O)O.O. The molecule has 4 N–H and O–H groups in total. The molecule has 0 heterocycles. The molecule has 0 aromatic rings. The predicted molar refractivity (Wildman–Crippen MR) is 117 cm³/mol. The molecule has 0 spiro atoms. The quantitative estimate of drug-likeness (QED) is 0.242. The first-order valence-corrected chi connectivity index (χ1v) is 11.4. The lowest BCUT2D eigenvalue weighted by atomic mass is 9.95. The van der Waals surface area contributed by atoms with Crippen molar-refractivity contribution in [1.29, 1.82) is 0 Å². The highest BCUT2D eigenvalue weighted by molar-refractivity contribution is 5.66. The Labute approximate surface area is 169 Å². The fourth-order valence-corrected chi connectivity index (χ4v) is 3.53. The average Bonchev–Trinajstić information content (AvgIpc) is 2.57. The van der Waals surface area contributed by atoms with E-state index in [-0.39, 0.29) is 17.4 Å². The van der Waals surface area contributed by atoms with Crippen LogP contribution in [0, 0.1) is 0 Å². The number of carbonyl (C=O) groups is 1. The maximum Gasteiger partial charge on any atom is 0.304 e. The molecule has 0 unspecified atom stereocenters. The second-order valence-electron chi connectivity index (χ2n) is 8.65. The fourth-order valence-electron chi connectivity index (χ4n) is 3.53. The second-order valence-corrected chi connectivity index (χ2v) is 8.65. The third-order valence-corrected chi connectivity index (χ3v) is 5.35. The smallest absolute Gasteiger partial charge is 0.304 e. The highest BCUT2D eigenvalue weighted by atomic mass is 16.4. The van der Waals surface area contributed by atoms with Gasteiger partial charge in [0.15, 0.2) is 0 Å². The first kappa shape index (κ1) is 28.6. The zero-order valence-electron chi connectivity index (χ0n) is 18.6. The lowest BCUT2D eigenvalue weighted by molar-refractivity contribution is -0.136. The number of hydrogen-bond donors (Lipinski definition) is 2. The molecule has 4 nitrogen and oxygen atoms in total. The van der Waals surface area contributed by atoms with Gasteiger partial charge < -0.3 is 15.9 Å². The Morgan fingerprint density at radius 1 is 0.741 bits per heavy atom. The van der Waals surface area contributed by atoms with Crippen molar-refractivity contribution in [3.05, 3.63) is 0 Å². The molecule has 164 valence electrons. The summed E-state index contributed by atoms with van der Waals surface area (Å²) in [6.45, 7) is 7.21. The van der Waals surface area contributed by atoms with Gasteiger partial charge in [-0.3, -0.25) is 4.79 Å². The molecule has 0 aliphatic carbocycles. The largest absolute Gasteiger partial charge is 0.481 e. The summed E-state index contributed by atoms with van der Waals surface area (Å²) in [6, 6.07) is 0. The maximum absolute atomic E-state index is 10.6. The summed E-state index contributed by atoms with van der Waals surface area (Å²) in [6.07, 6.45) is 22.3. The standard InChI is InChI=1S/C23H47NO2.H2O/c1-4-5-6-7-8-9-10-11-12-13-14-15-16-17-18-20-23(2,3)24-21-19-22(25)26;/h24H,4-21H2,1-3H3,(H,25,26);1H2.